The lowest BCUT2D eigenvalue weighted by molar-refractivity contribution is 0.404. The van der Waals surface area contributed by atoms with Crippen LogP contribution in [-0.2, 0) is 0 Å². The van der Waals surface area contributed by atoms with Crippen molar-refractivity contribution >= 4 is 17.0 Å². The molecule has 0 bridgehead atoms. The molecule has 28 heavy (non-hydrogen) atoms. The number of nitrogens with zero attached hydrogens (tertiary/aromatic N) is 3. The van der Waals surface area contributed by atoms with Crippen molar-refractivity contribution in [3.05, 3.63) is 40.5 Å². The normalized spacial score (nSPS) is 17.5. The van der Waals surface area contributed by atoms with E-state index in [-0.39, 0.29) is 0 Å². The van der Waals surface area contributed by atoms with E-state index in [9.17, 15) is 0 Å². The molecule has 1 aliphatic rings. The molecule has 5 nitrogen and oxygen atoms in total. The molecule has 6 heteroatoms. The van der Waals surface area contributed by atoms with Crippen molar-refractivity contribution in [3.63, 3.8) is 0 Å². The zero-order valence-corrected chi connectivity index (χ0v) is 18.0. The van der Waals surface area contributed by atoms with Crippen molar-refractivity contribution in [2.45, 2.75) is 39.5 Å². The van der Waals surface area contributed by atoms with Crippen LogP contribution in [0.1, 0.15) is 39.5 Å². The van der Waals surface area contributed by atoms with Gasteiger partial charge in [-0.05, 0) is 56.7 Å². The van der Waals surface area contributed by atoms with Crippen LogP contribution in [0.25, 0.3) is 11.3 Å². The van der Waals surface area contributed by atoms with E-state index in [1.807, 2.05) is 29.8 Å². The Kier molecular flexibility index (Phi) is 6.73. The largest absolute Gasteiger partial charge is 0.497 e. The van der Waals surface area contributed by atoms with Crippen molar-refractivity contribution in [2.24, 2.45) is 16.0 Å². The topological polar surface area (TPSA) is 48.1 Å². The summed E-state index contributed by atoms with van der Waals surface area (Å²) in [7, 11) is 3.35. The number of hydrogen-bond donors (Lipinski definition) is 0. The number of thiazole rings is 1. The SMILES string of the molecule is C=C(C)CN=c1scc(-c2cc(OC)ccc2OC)n1N=C1CCC(C)CC1. The van der Waals surface area contributed by atoms with Gasteiger partial charge >= 0.3 is 0 Å². The van der Waals surface area contributed by atoms with Gasteiger partial charge < -0.3 is 9.47 Å². The molecule has 1 heterocycles. The number of rotatable bonds is 6. The molecule has 0 amide bonds. The van der Waals surface area contributed by atoms with Gasteiger partial charge in [-0.2, -0.15) is 5.10 Å². The van der Waals surface area contributed by atoms with Gasteiger partial charge in [0.15, 0.2) is 0 Å². The minimum atomic E-state index is 0.594. The zero-order chi connectivity index (χ0) is 20.1. The Balaban J connectivity index is 2.13. The summed E-state index contributed by atoms with van der Waals surface area (Å²) in [6.45, 7) is 8.86. The first-order valence-corrected chi connectivity index (χ1v) is 10.5. The lowest BCUT2D eigenvalue weighted by Crippen LogP contribution is -2.18. The van der Waals surface area contributed by atoms with E-state index in [1.165, 1.54) is 18.6 Å². The Bertz CT molecular complexity index is 929. The molecule has 1 aromatic carbocycles. The van der Waals surface area contributed by atoms with Gasteiger partial charge in [0, 0.05) is 16.7 Å². The third kappa shape index (κ3) is 4.73. The Morgan fingerprint density at radius 1 is 1.25 bits per heavy atom. The minimum absolute atomic E-state index is 0.594. The summed E-state index contributed by atoms with van der Waals surface area (Å²) < 4.78 is 13.0. The number of ether oxygens (including phenoxy) is 2. The van der Waals surface area contributed by atoms with Gasteiger partial charge in [-0.25, -0.2) is 4.68 Å². The second kappa shape index (κ2) is 9.24. The first-order chi connectivity index (χ1) is 13.5. The molecule has 0 radical (unpaired) electrons. The first kappa shape index (κ1) is 20.4. The van der Waals surface area contributed by atoms with Crippen LogP contribution < -0.4 is 14.3 Å². The molecule has 1 saturated carbocycles. The fraction of sp³-hybridized carbons (Fsp3) is 0.455. The molecule has 0 saturated heterocycles. The van der Waals surface area contributed by atoms with Gasteiger partial charge in [0.05, 0.1) is 26.5 Å². The second-order valence-electron chi connectivity index (χ2n) is 7.40. The van der Waals surface area contributed by atoms with Crippen molar-refractivity contribution in [2.75, 3.05) is 20.8 Å². The van der Waals surface area contributed by atoms with E-state index < -0.39 is 0 Å². The number of methoxy groups -OCH3 is 2. The maximum absolute atomic E-state index is 5.61. The van der Waals surface area contributed by atoms with Crippen LogP contribution in [0.2, 0.25) is 0 Å². The number of aromatic nitrogens is 1. The highest BCUT2D eigenvalue weighted by molar-refractivity contribution is 7.07. The summed E-state index contributed by atoms with van der Waals surface area (Å²) in [6, 6.07) is 5.82. The summed E-state index contributed by atoms with van der Waals surface area (Å²) in [5.74, 6) is 2.35. The van der Waals surface area contributed by atoms with Gasteiger partial charge in [0.1, 0.15) is 11.5 Å². The predicted molar refractivity (Wildman–Crippen MR) is 117 cm³/mol. The summed E-state index contributed by atoms with van der Waals surface area (Å²) in [5.41, 5.74) is 4.17. The fourth-order valence-electron chi connectivity index (χ4n) is 3.24. The van der Waals surface area contributed by atoms with Crippen LogP contribution in [0.5, 0.6) is 11.5 Å². The van der Waals surface area contributed by atoms with Crippen molar-refractivity contribution in [3.8, 4) is 22.8 Å². The van der Waals surface area contributed by atoms with Crippen LogP contribution in [0.15, 0.2) is 45.8 Å². The highest BCUT2D eigenvalue weighted by Crippen LogP contribution is 2.34. The summed E-state index contributed by atoms with van der Waals surface area (Å²) in [5, 5.41) is 7.11. The minimum Gasteiger partial charge on any atom is -0.497 e. The Labute approximate surface area is 171 Å². The standard InChI is InChI=1S/C22H29N3O2S/c1-15(2)13-23-22-25(24-17-8-6-16(3)7-9-17)20(14-28-22)19-12-18(26-4)10-11-21(19)27-5/h10-12,14,16H,1,6-9,13H2,2-5H3. The van der Waals surface area contributed by atoms with Crippen LogP contribution in [0, 0.1) is 5.92 Å². The van der Waals surface area contributed by atoms with E-state index in [2.05, 4.69) is 18.9 Å². The molecule has 0 N–H and O–H groups in total. The van der Waals surface area contributed by atoms with E-state index in [0.717, 1.165) is 51.9 Å². The summed E-state index contributed by atoms with van der Waals surface area (Å²) in [4.78, 5) is 5.60. The van der Waals surface area contributed by atoms with E-state index >= 15 is 0 Å². The quantitative estimate of drug-likeness (QED) is 0.633. The molecule has 0 atom stereocenters. The molecule has 1 fully saturated rings. The van der Waals surface area contributed by atoms with Crippen LogP contribution in [-0.4, -0.2) is 31.2 Å². The summed E-state index contributed by atoms with van der Waals surface area (Å²) in [6.07, 6.45) is 4.47. The van der Waals surface area contributed by atoms with Gasteiger partial charge in [0.2, 0.25) is 4.80 Å². The molecular weight excluding hydrogens is 370 g/mol. The number of hydrogen-bond acceptors (Lipinski definition) is 5. The van der Waals surface area contributed by atoms with Crippen molar-refractivity contribution < 1.29 is 9.47 Å². The van der Waals surface area contributed by atoms with Crippen LogP contribution in [0.3, 0.4) is 0 Å². The van der Waals surface area contributed by atoms with E-state index in [4.69, 9.17) is 19.6 Å². The lowest BCUT2D eigenvalue weighted by Gasteiger charge is -2.19. The maximum Gasteiger partial charge on any atom is 0.206 e. The number of benzene rings is 1. The highest BCUT2D eigenvalue weighted by Gasteiger charge is 2.17. The van der Waals surface area contributed by atoms with Crippen molar-refractivity contribution in [1.82, 2.24) is 4.68 Å². The second-order valence-corrected chi connectivity index (χ2v) is 8.24. The summed E-state index contributed by atoms with van der Waals surface area (Å²) >= 11 is 1.59. The van der Waals surface area contributed by atoms with Gasteiger partial charge in [-0.3, -0.25) is 4.99 Å². The molecular formula is C22H29N3O2S. The van der Waals surface area contributed by atoms with Crippen LogP contribution in [0.4, 0.5) is 0 Å². The Morgan fingerprint density at radius 3 is 2.64 bits per heavy atom. The molecule has 0 aliphatic heterocycles. The van der Waals surface area contributed by atoms with E-state index in [0.29, 0.717) is 6.54 Å². The molecule has 1 aromatic heterocycles. The van der Waals surface area contributed by atoms with E-state index in [1.54, 1.807) is 25.6 Å². The van der Waals surface area contributed by atoms with Gasteiger partial charge in [0.25, 0.3) is 0 Å². The highest BCUT2D eigenvalue weighted by atomic mass is 32.1. The molecule has 3 rings (SSSR count). The van der Waals surface area contributed by atoms with Crippen molar-refractivity contribution in [1.29, 1.82) is 0 Å². The average Bonchev–Trinajstić information content (AvgIpc) is 3.09. The Hall–Kier alpha value is -2.34. The molecule has 150 valence electrons. The Morgan fingerprint density at radius 2 is 2.00 bits per heavy atom. The fourth-order valence-corrected chi connectivity index (χ4v) is 4.07. The maximum atomic E-state index is 5.61. The average molecular weight is 400 g/mol. The predicted octanol–water partition coefficient (Wildman–Crippen LogP) is 5.12. The molecule has 0 unspecified atom stereocenters. The zero-order valence-electron chi connectivity index (χ0n) is 17.2. The third-order valence-corrected chi connectivity index (χ3v) is 5.80. The molecule has 0 spiro atoms. The van der Waals surface area contributed by atoms with Gasteiger partial charge in [-0.15, -0.1) is 11.3 Å². The van der Waals surface area contributed by atoms with Crippen LogP contribution >= 0.6 is 11.3 Å². The van der Waals surface area contributed by atoms with Gasteiger partial charge in [-0.1, -0.05) is 19.1 Å². The first-order valence-electron chi connectivity index (χ1n) is 9.66. The lowest BCUT2D eigenvalue weighted by atomic mass is 9.90. The third-order valence-electron chi connectivity index (χ3n) is 4.95. The molecule has 2 aromatic rings. The molecule has 1 aliphatic carbocycles. The smallest absolute Gasteiger partial charge is 0.206 e. The monoisotopic (exact) mass is 399 g/mol.